The van der Waals surface area contributed by atoms with E-state index in [0.717, 1.165) is 16.7 Å². The average molecular weight is 764 g/mol. The van der Waals surface area contributed by atoms with Gasteiger partial charge >= 0.3 is 291 Å². The Morgan fingerprint density at radius 1 is 0.583 bits per heavy atom. The third kappa shape index (κ3) is 12.4. The summed E-state index contributed by atoms with van der Waals surface area (Å²) in [5.41, 5.74) is 3.31. The second-order valence-corrected chi connectivity index (χ2v) is 27.4. The Hall–Kier alpha value is -2.00. The van der Waals surface area contributed by atoms with Gasteiger partial charge in [-0.2, -0.15) is 0 Å². The van der Waals surface area contributed by atoms with E-state index in [1.54, 1.807) is 7.11 Å². The van der Waals surface area contributed by atoms with E-state index in [9.17, 15) is 0 Å². The van der Waals surface area contributed by atoms with Crippen LogP contribution < -0.4 is 0 Å². The molecule has 6 heteroatoms. The van der Waals surface area contributed by atoms with E-state index in [1.165, 1.54) is 56.3 Å². The third-order valence-corrected chi connectivity index (χ3v) is 24.9. The van der Waals surface area contributed by atoms with Crippen LogP contribution in [0.5, 0.6) is 0 Å². The first-order valence-corrected chi connectivity index (χ1v) is 26.5. The van der Waals surface area contributed by atoms with Gasteiger partial charge in [-0.25, -0.2) is 0 Å². The van der Waals surface area contributed by atoms with Gasteiger partial charge in [0.15, 0.2) is 0 Å². The summed E-state index contributed by atoms with van der Waals surface area (Å²) < 4.78 is 38.7. The molecule has 1 heterocycles. The van der Waals surface area contributed by atoms with Gasteiger partial charge < -0.3 is 0 Å². The molecule has 4 rings (SSSR count). The average Bonchev–Trinajstić information content (AvgIpc) is 3.14. The van der Waals surface area contributed by atoms with E-state index in [2.05, 4.69) is 81.5 Å². The third-order valence-electron chi connectivity index (χ3n) is 9.68. The van der Waals surface area contributed by atoms with E-state index >= 15 is 0 Å². The quantitative estimate of drug-likeness (QED) is 0.0753. The van der Waals surface area contributed by atoms with Crippen LogP contribution in [0.4, 0.5) is 0 Å². The van der Waals surface area contributed by atoms with Crippen LogP contribution in [0.2, 0.25) is 17.7 Å². The van der Waals surface area contributed by atoms with Gasteiger partial charge in [-0.15, -0.1) is 0 Å². The summed E-state index contributed by atoms with van der Waals surface area (Å²) in [6, 6.07) is 30.9. The van der Waals surface area contributed by atoms with Crippen LogP contribution in [-0.4, -0.2) is 56.2 Å². The van der Waals surface area contributed by atoms with Crippen molar-refractivity contribution in [3.63, 3.8) is 0 Å². The van der Waals surface area contributed by atoms with Crippen LogP contribution >= 0.6 is 0 Å². The van der Waals surface area contributed by atoms with Gasteiger partial charge in [0.2, 0.25) is 0 Å². The summed E-state index contributed by atoms with van der Waals surface area (Å²) in [7, 11) is 1.70. The number of hydrogen-bond donors (Lipinski definition) is 0. The van der Waals surface area contributed by atoms with Crippen LogP contribution in [0, 0.1) is 0 Å². The second-order valence-electron chi connectivity index (χ2n) is 13.4. The SMILES string of the molecule is CCC[CH2][Sn]([CH2]/C=C/[C@H]1O[C@H](OC)[C@H](OCc2ccccc2)[C@@H](OCc2ccccc2)[C@@H]1OCc1ccccc1)([CH2]CCC)[CH2]CCC. The fourth-order valence-electron chi connectivity index (χ4n) is 6.82. The molecule has 5 atom stereocenters. The summed E-state index contributed by atoms with van der Waals surface area (Å²) in [4.78, 5) is 0. The van der Waals surface area contributed by atoms with Crippen molar-refractivity contribution >= 4 is 18.4 Å². The molecule has 0 bridgehead atoms. The first-order valence-electron chi connectivity index (χ1n) is 18.4. The van der Waals surface area contributed by atoms with Crippen molar-refractivity contribution in [3.05, 3.63) is 120 Å². The second kappa shape index (κ2) is 21.9. The minimum atomic E-state index is -2.39. The van der Waals surface area contributed by atoms with Gasteiger partial charge in [-0.05, 0) is 0 Å². The number of methoxy groups -OCH3 is 1. The Kier molecular flexibility index (Phi) is 17.7. The number of benzene rings is 3. The normalized spacial score (nSPS) is 21.5. The molecule has 0 amide bonds. The molecule has 1 fully saturated rings. The Balaban J connectivity index is 1.64. The predicted octanol–water partition coefficient (Wildman–Crippen LogP) is 10.5. The van der Waals surface area contributed by atoms with E-state index in [1.807, 2.05) is 42.5 Å². The number of allylic oxidation sites excluding steroid dienone is 1. The Bertz CT molecular complexity index is 1250. The number of unbranched alkanes of at least 4 members (excludes halogenated alkanes) is 3. The Morgan fingerprint density at radius 3 is 1.42 bits per heavy atom. The summed E-state index contributed by atoms with van der Waals surface area (Å²) in [6.45, 7) is 8.35. The van der Waals surface area contributed by atoms with Gasteiger partial charge in [0.25, 0.3) is 0 Å². The van der Waals surface area contributed by atoms with E-state index in [4.69, 9.17) is 23.7 Å². The van der Waals surface area contributed by atoms with Crippen LogP contribution in [0.1, 0.15) is 76.0 Å². The number of hydrogen-bond acceptors (Lipinski definition) is 5. The van der Waals surface area contributed by atoms with Gasteiger partial charge in [0, 0.05) is 0 Å². The van der Waals surface area contributed by atoms with Gasteiger partial charge in [0.05, 0.1) is 0 Å². The van der Waals surface area contributed by atoms with Crippen LogP contribution in [0.3, 0.4) is 0 Å². The minimum absolute atomic E-state index is 0.330. The van der Waals surface area contributed by atoms with Gasteiger partial charge in [0.1, 0.15) is 0 Å². The van der Waals surface area contributed by atoms with Crippen molar-refractivity contribution in [2.24, 2.45) is 0 Å². The van der Waals surface area contributed by atoms with Gasteiger partial charge in [-0.1, -0.05) is 6.07 Å². The molecule has 262 valence electrons. The molecule has 1 aliphatic heterocycles. The molecule has 3 aromatic rings. The zero-order valence-corrected chi connectivity index (χ0v) is 32.8. The standard InChI is InChI=1S/C30H33O5.3C4H9.Sn/c1-3-13-26-27(32-20-23-14-7-4-8-15-23)28(33-21-24-16-9-5-10-17-24)29(30(31-2)35-26)34-22-25-18-11-6-12-19-25;3*1-3-4-2;/h3-19,26-30H,1,20-22H2,2H3;3*1,3-4H2,2H3;/b13-3+;;;;/t26-,27-,28+,29-,30+;;;;/m1..../s1. The first-order chi connectivity index (χ1) is 23.6. The van der Waals surface area contributed by atoms with Crippen molar-refractivity contribution in [3.8, 4) is 0 Å². The maximum absolute atomic E-state index is 6.82. The number of rotatable bonds is 22. The zero-order chi connectivity index (χ0) is 33.9. The molecule has 5 nitrogen and oxygen atoms in total. The van der Waals surface area contributed by atoms with Crippen LogP contribution in [0.15, 0.2) is 103 Å². The zero-order valence-electron chi connectivity index (χ0n) is 29.9. The van der Waals surface area contributed by atoms with Crippen molar-refractivity contribution in [1.82, 2.24) is 0 Å². The molecular formula is C42H60O5Sn. The Morgan fingerprint density at radius 2 is 1.00 bits per heavy atom. The Labute approximate surface area is 295 Å². The molecular weight excluding hydrogens is 703 g/mol. The first kappa shape index (κ1) is 38.8. The van der Waals surface area contributed by atoms with E-state index in [0.29, 0.717) is 19.8 Å². The van der Waals surface area contributed by atoms with Crippen LogP contribution in [-0.2, 0) is 43.5 Å². The molecule has 0 aliphatic carbocycles. The predicted molar refractivity (Wildman–Crippen MR) is 200 cm³/mol. The van der Waals surface area contributed by atoms with Crippen molar-refractivity contribution < 1.29 is 23.7 Å². The molecule has 48 heavy (non-hydrogen) atoms. The fourth-order valence-corrected chi connectivity index (χ4v) is 22.0. The summed E-state index contributed by atoms with van der Waals surface area (Å²) in [6.07, 6.45) is 10.5. The van der Waals surface area contributed by atoms with Crippen molar-refractivity contribution in [2.75, 3.05) is 7.11 Å². The molecule has 0 N–H and O–H groups in total. The monoisotopic (exact) mass is 764 g/mol. The molecule has 0 saturated carbocycles. The van der Waals surface area contributed by atoms with Crippen molar-refractivity contribution in [1.29, 1.82) is 0 Å². The van der Waals surface area contributed by atoms with Gasteiger partial charge in [-0.3, -0.25) is 0 Å². The number of ether oxygens (including phenoxy) is 5. The fraction of sp³-hybridized carbons (Fsp3) is 0.524. The molecule has 3 aromatic carbocycles. The summed E-state index contributed by atoms with van der Waals surface area (Å²) in [5, 5.41) is 0. The molecule has 1 saturated heterocycles. The van der Waals surface area contributed by atoms with Crippen LogP contribution in [0.25, 0.3) is 0 Å². The maximum atomic E-state index is 6.82. The summed E-state index contributed by atoms with van der Waals surface area (Å²) in [5.74, 6) is 0. The van der Waals surface area contributed by atoms with Crippen molar-refractivity contribution in [2.45, 2.75) is 128 Å². The van der Waals surface area contributed by atoms with E-state index < -0.39 is 36.9 Å². The molecule has 0 spiro atoms. The molecule has 0 radical (unpaired) electrons. The molecule has 0 aromatic heterocycles. The molecule has 1 aliphatic rings. The topological polar surface area (TPSA) is 46.2 Å². The molecule has 0 unspecified atom stereocenters. The summed E-state index contributed by atoms with van der Waals surface area (Å²) >= 11 is -2.39. The van der Waals surface area contributed by atoms with E-state index in [-0.39, 0.29) is 12.2 Å².